The van der Waals surface area contributed by atoms with E-state index in [4.69, 9.17) is 9.47 Å². The molecule has 2 aromatic rings. The maximum absolute atomic E-state index is 12.4. The van der Waals surface area contributed by atoms with Crippen LogP contribution in [0, 0.1) is 0 Å². The molecule has 0 radical (unpaired) electrons. The molecule has 1 saturated heterocycles. The average Bonchev–Trinajstić information content (AvgIpc) is 3.19. The maximum Gasteiger partial charge on any atom is 0.246 e. The van der Waals surface area contributed by atoms with E-state index in [0.717, 1.165) is 38.3 Å². The molecule has 1 aromatic carbocycles. The standard InChI is InChI=1S/C20H24N2O3S/c1-24-18-5-3-16(13-19(18)25-2)4-6-20(23)22-10-8-21(9-11-22)14-17-7-12-26-15-17/h3-7,12-13,15H,8-11,14H2,1-2H3/b6-4+. The van der Waals surface area contributed by atoms with Crippen LogP contribution in [0.15, 0.2) is 41.1 Å². The number of methoxy groups -OCH3 is 2. The quantitative estimate of drug-likeness (QED) is 0.731. The summed E-state index contributed by atoms with van der Waals surface area (Å²) in [4.78, 5) is 16.7. The number of hydrogen-bond donors (Lipinski definition) is 0. The van der Waals surface area contributed by atoms with E-state index in [9.17, 15) is 4.79 Å². The minimum atomic E-state index is 0.0509. The molecule has 0 saturated carbocycles. The highest BCUT2D eigenvalue weighted by Gasteiger charge is 2.19. The molecule has 1 aliphatic rings. The van der Waals surface area contributed by atoms with Gasteiger partial charge in [0.2, 0.25) is 5.91 Å². The summed E-state index contributed by atoms with van der Waals surface area (Å²) in [6, 6.07) is 7.77. The fourth-order valence-electron chi connectivity index (χ4n) is 3.00. The summed E-state index contributed by atoms with van der Waals surface area (Å²) in [6.45, 7) is 4.31. The Kier molecular flexibility index (Phi) is 6.30. The van der Waals surface area contributed by atoms with Gasteiger partial charge in [0, 0.05) is 38.8 Å². The molecular weight excluding hydrogens is 348 g/mol. The second kappa shape index (κ2) is 8.87. The first kappa shape index (κ1) is 18.5. The number of benzene rings is 1. The highest BCUT2D eigenvalue weighted by molar-refractivity contribution is 7.07. The molecule has 0 unspecified atom stereocenters. The third-order valence-corrected chi connectivity index (χ3v) is 5.23. The van der Waals surface area contributed by atoms with Gasteiger partial charge in [-0.25, -0.2) is 0 Å². The number of piperazine rings is 1. The van der Waals surface area contributed by atoms with Crippen molar-refractivity contribution < 1.29 is 14.3 Å². The van der Waals surface area contributed by atoms with Crippen molar-refractivity contribution >= 4 is 23.3 Å². The molecule has 1 aliphatic heterocycles. The van der Waals surface area contributed by atoms with Gasteiger partial charge in [-0.3, -0.25) is 9.69 Å². The molecule has 1 amide bonds. The monoisotopic (exact) mass is 372 g/mol. The Balaban J connectivity index is 1.53. The second-order valence-electron chi connectivity index (χ2n) is 6.18. The van der Waals surface area contributed by atoms with E-state index in [-0.39, 0.29) is 5.91 Å². The minimum Gasteiger partial charge on any atom is -0.493 e. The van der Waals surface area contributed by atoms with Crippen molar-refractivity contribution in [3.8, 4) is 11.5 Å². The van der Waals surface area contributed by atoms with Crippen LogP contribution in [0.4, 0.5) is 0 Å². The summed E-state index contributed by atoms with van der Waals surface area (Å²) in [5.74, 6) is 1.39. The van der Waals surface area contributed by atoms with E-state index in [1.807, 2.05) is 29.2 Å². The number of rotatable bonds is 6. The number of carbonyl (C=O) groups excluding carboxylic acids is 1. The predicted octanol–water partition coefficient (Wildman–Crippen LogP) is 3.12. The van der Waals surface area contributed by atoms with Crippen molar-refractivity contribution in [1.82, 2.24) is 9.80 Å². The first-order valence-electron chi connectivity index (χ1n) is 8.62. The number of amides is 1. The molecule has 138 valence electrons. The van der Waals surface area contributed by atoms with Gasteiger partial charge in [0.25, 0.3) is 0 Å². The Morgan fingerprint density at radius 3 is 2.54 bits per heavy atom. The minimum absolute atomic E-state index is 0.0509. The zero-order valence-corrected chi connectivity index (χ0v) is 16.0. The normalized spacial score (nSPS) is 15.4. The van der Waals surface area contributed by atoms with Gasteiger partial charge in [0.15, 0.2) is 11.5 Å². The highest BCUT2D eigenvalue weighted by atomic mass is 32.1. The van der Waals surface area contributed by atoms with Crippen LogP contribution < -0.4 is 9.47 Å². The number of ether oxygens (including phenoxy) is 2. The van der Waals surface area contributed by atoms with Crippen LogP contribution in [-0.4, -0.2) is 56.1 Å². The Morgan fingerprint density at radius 2 is 1.88 bits per heavy atom. The summed E-state index contributed by atoms with van der Waals surface area (Å²) in [6.07, 6.45) is 3.46. The second-order valence-corrected chi connectivity index (χ2v) is 6.96. The molecule has 2 heterocycles. The third-order valence-electron chi connectivity index (χ3n) is 4.50. The Hall–Kier alpha value is -2.31. The fourth-order valence-corrected chi connectivity index (χ4v) is 3.66. The van der Waals surface area contributed by atoms with Crippen LogP contribution in [0.1, 0.15) is 11.1 Å². The maximum atomic E-state index is 12.4. The van der Waals surface area contributed by atoms with Gasteiger partial charge in [0.05, 0.1) is 14.2 Å². The first-order chi connectivity index (χ1) is 12.7. The molecule has 0 atom stereocenters. The van der Waals surface area contributed by atoms with E-state index in [0.29, 0.717) is 11.5 Å². The highest BCUT2D eigenvalue weighted by Crippen LogP contribution is 2.28. The van der Waals surface area contributed by atoms with Crippen LogP contribution in [-0.2, 0) is 11.3 Å². The van der Waals surface area contributed by atoms with Gasteiger partial charge in [-0.2, -0.15) is 11.3 Å². The van der Waals surface area contributed by atoms with Crippen molar-refractivity contribution in [2.24, 2.45) is 0 Å². The van der Waals surface area contributed by atoms with Crippen LogP contribution in [0.25, 0.3) is 6.08 Å². The Labute approximate surface area is 158 Å². The van der Waals surface area contributed by atoms with Crippen molar-refractivity contribution in [2.75, 3.05) is 40.4 Å². The number of nitrogens with zero attached hydrogens (tertiary/aromatic N) is 2. The summed E-state index contributed by atoms with van der Waals surface area (Å²) in [5, 5.41) is 4.29. The van der Waals surface area contributed by atoms with E-state index in [1.165, 1.54) is 5.56 Å². The predicted molar refractivity (Wildman–Crippen MR) is 105 cm³/mol. The summed E-state index contributed by atoms with van der Waals surface area (Å²) >= 11 is 1.73. The Bertz CT molecular complexity index is 750. The van der Waals surface area contributed by atoms with Crippen LogP contribution in [0.2, 0.25) is 0 Å². The van der Waals surface area contributed by atoms with Crippen LogP contribution in [0.5, 0.6) is 11.5 Å². The average molecular weight is 372 g/mol. The number of thiophene rings is 1. The molecule has 6 heteroatoms. The van der Waals surface area contributed by atoms with E-state index in [2.05, 4.69) is 21.7 Å². The van der Waals surface area contributed by atoms with Crippen LogP contribution in [0.3, 0.4) is 0 Å². The lowest BCUT2D eigenvalue weighted by Gasteiger charge is -2.34. The van der Waals surface area contributed by atoms with Crippen molar-refractivity contribution in [2.45, 2.75) is 6.54 Å². The van der Waals surface area contributed by atoms with Gasteiger partial charge in [-0.05, 0) is 46.2 Å². The van der Waals surface area contributed by atoms with Gasteiger partial charge in [-0.1, -0.05) is 6.07 Å². The molecule has 0 N–H and O–H groups in total. The molecule has 5 nitrogen and oxygen atoms in total. The number of hydrogen-bond acceptors (Lipinski definition) is 5. The van der Waals surface area contributed by atoms with E-state index >= 15 is 0 Å². The molecular formula is C20H24N2O3S. The molecule has 26 heavy (non-hydrogen) atoms. The molecule has 0 aliphatic carbocycles. The van der Waals surface area contributed by atoms with Crippen LogP contribution >= 0.6 is 11.3 Å². The lowest BCUT2D eigenvalue weighted by molar-refractivity contribution is -0.127. The zero-order chi connectivity index (χ0) is 18.4. The van der Waals surface area contributed by atoms with Gasteiger partial charge >= 0.3 is 0 Å². The molecule has 1 aromatic heterocycles. The smallest absolute Gasteiger partial charge is 0.246 e. The lowest BCUT2D eigenvalue weighted by atomic mass is 10.2. The van der Waals surface area contributed by atoms with Crippen molar-refractivity contribution in [3.63, 3.8) is 0 Å². The van der Waals surface area contributed by atoms with Gasteiger partial charge in [0.1, 0.15) is 0 Å². The summed E-state index contributed by atoms with van der Waals surface area (Å²) in [7, 11) is 3.21. The summed E-state index contributed by atoms with van der Waals surface area (Å²) < 4.78 is 10.5. The third kappa shape index (κ3) is 4.65. The number of carbonyl (C=O) groups is 1. The largest absolute Gasteiger partial charge is 0.493 e. The first-order valence-corrected chi connectivity index (χ1v) is 9.56. The molecule has 0 spiro atoms. The topological polar surface area (TPSA) is 42.0 Å². The fraction of sp³-hybridized carbons (Fsp3) is 0.350. The van der Waals surface area contributed by atoms with Gasteiger partial charge < -0.3 is 14.4 Å². The van der Waals surface area contributed by atoms with E-state index < -0.39 is 0 Å². The molecule has 0 bridgehead atoms. The molecule has 3 rings (SSSR count). The zero-order valence-electron chi connectivity index (χ0n) is 15.2. The summed E-state index contributed by atoms with van der Waals surface area (Å²) in [5.41, 5.74) is 2.26. The van der Waals surface area contributed by atoms with Crippen molar-refractivity contribution in [1.29, 1.82) is 0 Å². The molecule has 1 fully saturated rings. The van der Waals surface area contributed by atoms with E-state index in [1.54, 1.807) is 31.6 Å². The van der Waals surface area contributed by atoms with Gasteiger partial charge in [-0.15, -0.1) is 0 Å². The lowest BCUT2D eigenvalue weighted by Crippen LogP contribution is -2.47. The Morgan fingerprint density at radius 1 is 1.12 bits per heavy atom. The SMILES string of the molecule is COc1ccc(/C=C/C(=O)N2CCN(Cc3ccsc3)CC2)cc1OC. The van der Waals surface area contributed by atoms with Crippen molar-refractivity contribution in [3.05, 3.63) is 52.2 Å².